The maximum Gasteiger partial charge on any atom is 0.0688 e. The second-order valence-electron chi connectivity index (χ2n) is 2.99. The molecule has 2 rings (SSSR count). The molecule has 0 unspecified atom stereocenters. The molecule has 1 aromatic heterocycles. The summed E-state index contributed by atoms with van der Waals surface area (Å²) < 4.78 is 1.14. The Morgan fingerprint density at radius 3 is 2.93 bits per heavy atom. The lowest BCUT2D eigenvalue weighted by Crippen LogP contribution is -1.89. The first kappa shape index (κ1) is 10.3. The van der Waals surface area contributed by atoms with Gasteiger partial charge in [-0.3, -0.25) is 0 Å². The van der Waals surface area contributed by atoms with Gasteiger partial charge in [0.05, 0.1) is 6.61 Å². The third kappa shape index (κ3) is 1.54. The fourth-order valence-corrected chi connectivity index (χ4v) is 3.37. The number of thiol groups is 1. The average molecular weight is 245 g/mol. The van der Waals surface area contributed by atoms with Gasteiger partial charge in [-0.15, -0.1) is 35.6 Å². The number of hydrogen-bond donors (Lipinski definition) is 2. The van der Waals surface area contributed by atoms with E-state index in [4.69, 9.17) is 11.6 Å². The highest BCUT2D eigenvalue weighted by molar-refractivity contribution is 7.80. The molecule has 1 heterocycles. The molecule has 0 amide bonds. The number of halogens is 1. The molecule has 74 valence electrons. The van der Waals surface area contributed by atoms with Crippen molar-refractivity contribution in [1.29, 1.82) is 0 Å². The molecule has 0 aliphatic carbocycles. The standard InChI is InChI=1S/C10H9ClOS2/c11-4-8-9(13)3-6(5-12)7-1-2-14-10(7)8/h1-3,12-13H,4-5H2. The molecular formula is C10H9ClOS2. The van der Waals surface area contributed by atoms with Gasteiger partial charge in [-0.05, 0) is 34.0 Å². The van der Waals surface area contributed by atoms with Gasteiger partial charge in [0.25, 0.3) is 0 Å². The lowest BCUT2D eigenvalue weighted by Gasteiger charge is -2.06. The highest BCUT2D eigenvalue weighted by atomic mass is 35.5. The lowest BCUT2D eigenvalue weighted by atomic mass is 10.1. The van der Waals surface area contributed by atoms with Gasteiger partial charge in [-0.25, -0.2) is 0 Å². The SMILES string of the molecule is OCc1cc(S)c(CCl)c2sccc12. The summed E-state index contributed by atoms with van der Waals surface area (Å²) in [6.07, 6.45) is 0. The van der Waals surface area contributed by atoms with Crippen molar-refractivity contribution in [3.05, 3.63) is 28.6 Å². The van der Waals surface area contributed by atoms with Gasteiger partial charge in [-0.1, -0.05) is 0 Å². The number of benzene rings is 1. The number of fused-ring (bicyclic) bond motifs is 1. The summed E-state index contributed by atoms with van der Waals surface area (Å²) in [5.41, 5.74) is 1.97. The van der Waals surface area contributed by atoms with E-state index < -0.39 is 0 Å². The number of thiophene rings is 1. The van der Waals surface area contributed by atoms with E-state index in [9.17, 15) is 5.11 Å². The molecule has 2 aromatic rings. The molecule has 0 aliphatic rings. The first-order valence-corrected chi connectivity index (χ1v) is 6.01. The van der Waals surface area contributed by atoms with E-state index in [2.05, 4.69) is 12.6 Å². The van der Waals surface area contributed by atoms with E-state index in [0.29, 0.717) is 5.88 Å². The third-order valence-corrected chi connectivity index (χ3v) is 3.85. The minimum Gasteiger partial charge on any atom is -0.392 e. The van der Waals surface area contributed by atoms with Crippen LogP contribution in [0.4, 0.5) is 0 Å². The van der Waals surface area contributed by atoms with Crippen LogP contribution in [0.25, 0.3) is 10.1 Å². The molecule has 1 N–H and O–H groups in total. The van der Waals surface area contributed by atoms with Gasteiger partial charge < -0.3 is 5.11 Å². The molecule has 0 aliphatic heterocycles. The zero-order valence-electron chi connectivity index (χ0n) is 7.33. The zero-order chi connectivity index (χ0) is 10.1. The summed E-state index contributed by atoms with van der Waals surface area (Å²) >= 11 is 11.9. The number of aliphatic hydroxyl groups is 1. The summed E-state index contributed by atoms with van der Waals surface area (Å²) in [4.78, 5) is 0.860. The van der Waals surface area contributed by atoms with Crippen LogP contribution in [-0.4, -0.2) is 5.11 Å². The Bertz CT molecular complexity index is 464. The Morgan fingerprint density at radius 1 is 1.50 bits per heavy atom. The fraction of sp³-hybridized carbons (Fsp3) is 0.200. The first-order valence-electron chi connectivity index (χ1n) is 4.15. The monoisotopic (exact) mass is 244 g/mol. The van der Waals surface area contributed by atoms with Crippen LogP contribution >= 0.6 is 35.6 Å². The molecular weight excluding hydrogens is 236 g/mol. The molecule has 0 spiro atoms. The van der Waals surface area contributed by atoms with Crippen LogP contribution in [0.5, 0.6) is 0 Å². The molecule has 14 heavy (non-hydrogen) atoms. The minimum absolute atomic E-state index is 0.0450. The van der Waals surface area contributed by atoms with Crippen LogP contribution in [0.1, 0.15) is 11.1 Å². The van der Waals surface area contributed by atoms with Crippen molar-refractivity contribution in [2.75, 3.05) is 0 Å². The quantitative estimate of drug-likeness (QED) is 0.613. The maximum atomic E-state index is 9.18. The predicted molar refractivity (Wildman–Crippen MR) is 64.6 cm³/mol. The predicted octanol–water partition coefficient (Wildman–Crippen LogP) is 3.42. The van der Waals surface area contributed by atoms with Crippen molar-refractivity contribution in [3.63, 3.8) is 0 Å². The van der Waals surface area contributed by atoms with Gasteiger partial charge in [0.1, 0.15) is 0 Å². The van der Waals surface area contributed by atoms with Crippen molar-refractivity contribution in [1.82, 2.24) is 0 Å². The van der Waals surface area contributed by atoms with Crippen molar-refractivity contribution in [2.45, 2.75) is 17.4 Å². The first-order chi connectivity index (χ1) is 6.77. The highest BCUT2D eigenvalue weighted by Gasteiger charge is 2.09. The Labute approximate surface area is 96.7 Å². The third-order valence-electron chi connectivity index (χ3n) is 2.21. The molecule has 0 fully saturated rings. The summed E-state index contributed by atoms with van der Waals surface area (Å²) in [5, 5.41) is 12.3. The highest BCUT2D eigenvalue weighted by Crippen LogP contribution is 2.33. The minimum atomic E-state index is 0.0450. The summed E-state index contributed by atoms with van der Waals surface area (Å²) in [5.74, 6) is 0.460. The topological polar surface area (TPSA) is 20.2 Å². The molecule has 0 saturated carbocycles. The van der Waals surface area contributed by atoms with Crippen molar-refractivity contribution in [2.24, 2.45) is 0 Å². The Hall–Kier alpha value is -0.220. The molecule has 1 nitrogen and oxygen atoms in total. The summed E-state index contributed by atoms with van der Waals surface area (Å²) in [6.45, 7) is 0.0450. The maximum absolute atomic E-state index is 9.18. The second kappa shape index (κ2) is 4.11. The van der Waals surface area contributed by atoms with E-state index in [-0.39, 0.29) is 6.61 Å². The van der Waals surface area contributed by atoms with Crippen molar-refractivity contribution >= 4 is 45.7 Å². The van der Waals surface area contributed by atoms with Gasteiger partial charge in [0.15, 0.2) is 0 Å². The van der Waals surface area contributed by atoms with E-state index in [1.54, 1.807) is 11.3 Å². The molecule has 0 saturated heterocycles. The number of aliphatic hydroxyl groups excluding tert-OH is 1. The Balaban J connectivity index is 2.81. The second-order valence-corrected chi connectivity index (χ2v) is 4.65. The molecule has 0 bridgehead atoms. The molecule has 0 radical (unpaired) electrons. The number of rotatable bonds is 2. The molecule has 4 heteroatoms. The van der Waals surface area contributed by atoms with Crippen LogP contribution < -0.4 is 0 Å². The summed E-state index contributed by atoms with van der Waals surface area (Å²) in [7, 11) is 0. The van der Waals surface area contributed by atoms with Crippen LogP contribution in [0.3, 0.4) is 0 Å². The largest absolute Gasteiger partial charge is 0.392 e. The van der Waals surface area contributed by atoms with E-state index in [1.807, 2.05) is 17.5 Å². The smallest absolute Gasteiger partial charge is 0.0688 e. The molecule has 1 aromatic carbocycles. The Kier molecular flexibility index (Phi) is 3.02. The lowest BCUT2D eigenvalue weighted by molar-refractivity contribution is 0.283. The normalized spacial score (nSPS) is 11.1. The molecule has 0 atom stereocenters. The van der Waals surface area contributed by atoms with Gasteiger partial charge in [-0.2, -0.15) is 0 Å². The van der Waals surface area contributed by atoms with Crippen LogP contribution in [0.15, 0.2) is 22.4 Å². The fourth-order valence-electron chi connectivity index (χ4n) is 1.50. The summed E-state index contributed by atoms with van der Waals surface area (Å²) in [6, 6.07) is 3.89. The van der Waals surface area contributed by atoms with Gasteiger partial charge in [0.2, 0.25) is 0 Å². The number of alkyl halides is 1. The van der Waals surface area contributed by atoms with Crippen molar-refractivity contribution < 1.29 is 5.11 Å². The van der Waals surface area contributed by atoms with Gasteiger partial charge >= 0.3 is 0 Å². The van der Waals surface area contributed by atoms with E-state index in [1.165, 1.54) is 0 Å². The van der Waals surface area contributed by atoms with Crippen LogP contribution in [0.2, 0.25) is 0 Å². The van der Waals surface area contributed by atoms with Crippen LogP contribution in [0, 0.1) is 0 Å². The van der Waals surface area contributed by atoms with Crippen LogP contribution in [-0.2, 0) is 12.5 Å². The van der Waals surface area contributed by atoms with Gasteiger partial charge in [0, 0.05) is 15.5 Å². The zero-order valence-corrected chi connectivity index (χ0v) is 9.79. The van der Waals surface area contributed by atoms with E-state index in [0.717, 1.165) is 26.1 Å². The number of hydrogen-bond acceptors (Lipinski definition) is 3. The van der Waals surface area contributed by atoms with Crippen molar-refractivity contribution in [3.8, 4) is 0 Å². The average Bonchev–Trinajstić information content (AvgIpc) is 2.65. The van der Waals surface area contributed by atoms with E-state index >= 15 is 0 Å². The Morgan fingerprint density at radius 2 is 2.29 bits per heavy atom.